The molecule has 0 bridgehead atoms. The van der Waals surface area contributed by atoms with Crippen LogP contribution in [-0.4, -0.2) is 55.4 Å². The zero-order valence-electron chi connectivity index (χ0n) is 16.8. The molecular weight excluding hydrogens is 372 g/mol. The highest BCUT2D eigenvalue weighted by molar-refractivity contribution is 7.09. The zero-order valence-corrected chi connectivity index (χ0v) is 17.6. The fourth-order valence-corrected chi connectivity index (χ4v) is 4.43. The summed E-state index contributed by atoms with van der Waals surface area (Å²) in [5.41, 5.74) is 2.88. The van der Waals surface area contributed by atoms with Crippen LogP contribution in [0, 0.1) is 0 Å². The van der Waals surface area contributed by atoms with Gasteiger partial charge in [0.05, 0.1) is 10.7 Å². The maximum absolute atomic E-state index is 12.8. The van der Waals surface area contributed by atoms with Gasteiger partial charge in [0.1, 0.15) is 0 Å². The molecule has 28 heavy (non-hydrogen) atoms. The third-order valence-electron chi connectivity index (χ3n) is 5.09. The van der Waals surface area contributed by atoms with E-state index in [2.05, 4.69) is 10.7 Å². The van der Waals surface area contributed by atoms with Crippen LogP contribution in [-0.2, 0) is 11.2 Å². The largest absolute Gasteiger partial charge is 0.378 e. The van der Waals surface area contributed by atoms with E-state index in [1.807, 2.05) is 48.2 Å². The van der Waals surface area contributed by atoms with Gasteiger partial charge < -0.3 is 15.1 Å². The van der Waals surface area contributed by atoms with Crippen LogP contribution in [0.25, 0.3) is 0 Å². The van der Waals surface area contributed by atoms with Crippen molar-refractivity contribution in [2.75, 3.05) is 38.6 Å². The van der Waals surface area contributed by atoms with E-state index in [9.17, 15) is 9.59 Å². The van der Waals surface area contributed by atoms with Crippen LogP contribution in [0.15, 0.2) is 29.6 Å². The van der Waals surface area contributed by atoms with Crippen LogP contribution in [0.5, 0.6) is 0 Å². The second-order valence-electron chi connectivity index (χ2n) is 7.42. The van der Waals surface area contributed by atoms with Gasteiger partial charge in [-0.15, -0.1) is 11.3 Å². The van der Waals surface area contributed by atoms with Crippen LogP contribution in [0.3, 0.4) is 0 Å². The highest BCUT2D eigenvalue weighted by atomic mass is 32.1. The summed E-state index contributed by atoms with van der Waals surface area (Å²) >= 11 is 1.69. The average Bonchev–Trinajstić information content (AvgIpc) is 3.16. The van der Waals surface area contributed by atoms with Gasteiger partial charge in [-0.2, -0.15) is 0 Å². The summed E-state index contributed by atoms with van der Waals surface area (Å²) in [6, 6.07) is 7.79. The number of rotatable bonds is 6. The van der Waals surface area contributed by atoms with Crippen LogP contribution in [0.1, 0.15) is 46.7 Å². The van der Waals surface area contributed by atoms with Gasteiger partial charge in [-0.3, -0.25) is 9.59 Å². The molecule has 1 N–H and O–H groups in total. The first kappa shape index (κ1) is 20.3. The quantitative estimate of drug-likeness (QED) is 0.810. The van der Waals surface area contributed by atoms with Gasteiger partial charge in [0.25, 0.3) is 5.91 Å². The van der Waals surface area contributed by atoms with Crippen molar-refractivity contribution in [2.24, 2.45) is 0 Å². The number of hydrogen-bond acceptors (Lipinski definition) is 5. The Morgan fingerprint density at radius 2 is 1.89 bits per heavy atom. The number of likely N-dealkylation sites (tertiary alicyclic amines) is 1. The summed E-state index contributed by atoms with van der Waals surface area (Å²) in [7, 11) is 3.98. The number of thiazole rings is 1. The molecule has 0 radical (unpaired) electrons. The van der Waals surface area contributed by atoms with E-state index in [-0.39, 0.29) is 11.8 Å². The van der Waals surface area contributed by atoms with Gasteiger partial charge in [-0.05, 0) is 37.1 Å². The van der Waals surface area contributed by atoms with Gasteiger partial charge in [0.15, 0.2) is 0 Å². The normalized spacial score (nSPS) is 14.8. The lowest BCUT2D eigenvalue weighted by Gasteiger charge is -2.31. The lowest BCUT2D eigenvalue weighted by Crippen LogP contribution is -2.37. The number of amides is 2. The third-order valence-corrected chi connectivity index (χ3v) is 6.14. The Kier molecular flexibility index (Phi) is 6.67. The monoisotopic (exact) mass is 400 g/mol. The van der Waals surface area contributed by atoms with Crippen molar-refractivity contribution in [1.29, 1.82) is 0 Å². The molecule has 0 spiro atoms. The molecule has 0 atom stereocenters. The number of anilines is 1. The predicted octanol–water partition coefficient (Wildman–Crippen LogP) is 2.91. The predicted molar refractivity (Wildman–Crippen MR) is 113 cm³/mol. The molecule has 1 fully saturated rings. The minimum Gasteiger partial charge on any atom is -0.378 e. The average molecular weight is 401 g/mol. The molecule has 2 heterocycles. The molecule has 0 saturated carbocycles. The number of aromatic nitrogens is 1. The van der Waals surface area contributed by atoms with Crippen molar-refractivity contribution in [1.82, 2.24) is 15.2 Å². The van der Waals surface area contributed by atoms with Gasteiger partial charge >= 0.3 is 0 Å². The summed E-state index contributed by atoms with van der Waals surface area (Å²) in [5, 5.41) is 6.04. The first-order valence-corrected chi connectivity index (χ1v) is 10.6. The lowest BCUT2D eigenvalue weighted by atomic mass is 9.97. The Morgan fingerprint density at radius 1 is 1.21 bits per heavy atom. The van der Waals surface area contributed by atoms with E-state index in [0.29, 0.717) is 12.5 Å². The van der Waals surface area contributed by atoms with Crippen molar-refractivity contribution in [3.8, 4) is 0 Å². The number of piperidine rings is 1. The summed E-state index contributed by atoms with van der Waals surface area (Å²) in [4.78, 5) is 32.4. The van der Waals surface area contributed by atoms with Gasteiger partial charge in [0.2, 0.25) is 5.91 Å². The number of carbonyl (C=O) groups excluding carboxylic acids is 2. The number of benzene rings is 1. The van der Waals surface area contributed by atoms with E-state index >= 15 is 0 Å². The number of nitrogens with one attached hydrogen (secondary N) is 1. The van der Waals surface area contributed by atoms with E-state index in [1.54, 1.807) is 11.3 Å². The van der Waals surface area contributed by atoms with Gasteiger partial charge in [-0.25, -0.2) is 4.98 Å². The summed E-state index contributed by atoms with van der Waals surface area (Å²) < 4.78 is 0. The Hall–Kier alpha value is -2.41. The highest BCUT2D eigenvalue weighted by Gasteiger charge is 2.26. The smallest absolute Gasteiger partial charge is 0.253 e. The van der Waals surface area contributed by atoms with Crippen LogP contribution >= 0.6 is 11.3 Å². The van der Waals surface area contributed by atoms with Crippen molar-refractivity contribution in [3.63, 3.8) is 0 Å². The first-order chi connectivity index (χ1) is 13.4. The van der Waals surface area contributed by atoms with E-state index in [1.165, 1.54) is 6.92 Å². The first-order valence-electron chi connectivity index (χ1n) is 9.69. The molecule has 6 nitrogen and oxygen atoms in total. The number of hydrogen-bond donors (Lipinski definition) is 1. The molecule has 0 unspecified atom stereocenters. The second-order valence-corrected chi connectivity index (χ2v) is 8.31. The number of nitrogens with zero attached hydrogens (tertiary/aromatic N) is 3. The Labute approximate surface area is 170 Å². The Morgan fingerprint density at radius 3 is 2.50 bits per heavy atom. The van der Waals surface area contributed by atoms with Crippen LogP contribution in [0.2, 0.25) is 0 Å². The topological polar surface area (TPSA) is 65.5 Å². The second kappa shape index (κ2) is 9.19. The molecule has 3 rings (SSSR count). The minimum atomic E-state index is -0.0103. The van der Waals surface area contributed by atoms with E-state index in [0.717, 1.165) is 54.3 Å². The molecule has 1 aromatic carbocycles. The van der Waals surface area contributed by atoms with Crippen LogP contribution < -0.4 is 10.2 Å². The molecule has 1 aliphatic rings. The summed E-state index contributed by atoms with van der Waals surface area (Å²) in [6.07, 6.45) is 2.65. The fourth-order valence-electron chi connectivity index (χ4n) is 3.41. The molecule has 2 amide bonds. The molecule has 2 aromatic rings. The van der Waals surface area contributed by atoms with Crippen molar-refractivity contribution in [2.45, 2.75) is 32.1 Å². The van der Waals surface area contributed by atoms with E-state index in [4.69, 9.17) is 4.98 Å². The van der Waals surface area contributed by atoms with Crippen molar-refractivity contribution in [3.05, 3.63) is 45.9 Å². The fraction of sp³-hybridized carbons (Fsp3) is 0.476. The molecule has 1 aliphatic heterocycles. The minimum absolute atomic E-state index is 0.0103. The van der Waals surface area contributed by atoms with Crippen molar-refractivity contribution < 1.29 is 9.59 Å². The SMILES string of the molecule is CC(=O)NCCc1csc(C2CCN(C(=O)c3ccc(N(C)C)cc3)CC2)n1. The molecular formula is C21H28N4O2S. The third kappa shape index (κ3) is 5.10. The highest BCUT2D eigenvalue weighted by Crippen LogP contribution is 2.31. The molecule has 7 heteroatoms. The summed E-state index contributed by atoms with van der Waals surface area (Å²) in [5.74, 6) is 0.516. The van der Waals surface area contributed by atoms with Gasteiger partial charge in [0, 0.05) is 69.6 Å². The Balaban J connectivity index is 1.52. The molecule has 1 saturated heterocycles. The molecule has 150 valence electrons. The van der Waals surface area contributed by atoms with Gasteiger partial charge in [-0.1, -0.05) is 0 Å². The molecule has 1 aromatic heterocycles. The summed E-state index contributed by atoms with van der Waals surface area (Å²) in [6.45, 7) is 3.68. The zero-order chi connectivity index (χ0) is 20.1. The van der Waals surface area contributed by atoms with Crippen molar-refractivity contribution >= 4 is 28.8 Å². The standard InChI is InChI=1S/C21H28N4O2S/c1-15(26)22-11-8-18-14-28-20(23-18)16-9-12-25(13-10-16)21(27)17-4-6-19(7-5-17)24(2)3/h4-7,14,16H,8-13H2,1-3H3,(H,22,26). The van der Waals surface area contributed by atoms with E-state index < -0.39 is 0 Å². The lowest BCUT2D eigenvalue weighted by molar-refractivity contribution is -0.118. The Bertz CT molecular complexity index is 808. The molecule has 0 aliphatic carbocycles. The number of carbonyl (C=O) groups is 2. The maximum atomic E-state index is 12.8. The maximum Gasteiger partial charge on any atom is 0.253 e. The van der Waals surface area contributed by atoms with Crippen LogP contribution in [0.4, 0.5) is 5.69 Å².